The van der Waals surface area contributed by atoms with Crippen molar-refractivity contribution in [1.29, 1.82) is 0 Å². The average molecular weight is 285 g/mol. The molecule has 2 saturated heterocycles. The van der Waals surface area contributed by atoms with E-state index in [9.17, 15) is 4.79 Å². The maximum absolute atomic E-state index is 11.5. The van der Waals surface area contributed by atoms with Gasteiger partial charge in [0.25, 0.3) is 0 Å². The van der Waals surface area contributed by atoms with E-state index in [1.807, 2.05) is 12.1 Å². The molecule has 7 nitrogen and oxygen atoms in total. The van der Waals surface area contributed by atoms with Crippen molar-refractivity contribution in [3.8, 4) is 0 Å². The number of hydrazine groups is 1. The van der Waals surface area contributed by atoms with E-state index in [0.717, 1.165) is 37.7 Å². The topological polar surface area (TPSA) is 72.5 Å². The minimum Gasteiger partial charge on any atom is -0.354 e. The van der Waals surface area contributed by atoms with Crippen molar-refractivity contribution in [2.24, 2.45) is 0 Å². The molecule has 0 atom stereocenters. The van der Waals surface area contributed by atoms with Crippen LogP contribution in [0.5, 0.6) is 0 Å². The van der Waals surface area contributed by atoms with E-state index < -0.39 is 0 Å². The van der Waals surface area contributed by atoms with Gasteiger partial charge in [-0.05, 0) is 12.1 Å². The number of amides is 2. The Labute approximate surface area is 117 Å². The lowest BCUT2D eigenvalue weighted by Gasteiger charge is -2.28. The van der Waals surface area contributed by atoms with Gasteiger partial charge in [-0.2, -0.15) is 0 Å². The number of urea groups is 1. The number of nitrogens with zero attached hydrogens (tertiary/aromatic N) is 3. The standard InChI is InChI=1S/C11H16N6O.ClH/c18-11-15-14-8-17(11)9-1-2-10(13-7-9)16-5-3-12-4-6-16;/h1-2,7,12,14H,3-6,8H2,(H,15,18);1H. The SMILES string of the molecule is Cl.O=C1NNCN1c1ccc(N2CCNCC2)nc1. The summed E-state index contributed by atoms with van der Waals surface area (Å²) >= 11 is 0. The van der Waals surface area contributed by atoms with E-state index in [2.05, 4.69) is 26.1 Å². The van der Waals surface area contributed by atoms with Crippen LogP contribution in [0.4, 0.5) is 16.3 Å². The number of nitrogens with one attached hydrogen (secondary N) is 3. The first-order valence-corrected chi connectivity index (χ1v) is 6.07. The van der Waals surface area contributed by atoms with Crippen molar-refractivity contribution in [3.63, 3.8) is 0 Å². The summed E-state index contributed by atoms with van der Waals surface area (Å²) in [4.78, 5) is 19.7. The lowest BCUT2D eigenvalue weighted by Crippen LogP contribution is -2.43. The van der Waals surface area contributed by atoms with Gasteiger partial charge in [0, 0.05) is 26.2 Å². The zero-order chi connectivity index (χ0) is 12.4. The van der Waals surface area contributed by atoms with Gasteiger partial charge in [0.1, 0.15) is 5.82 Å². The van der Waals surface area contributed by atoms with Gasteiger partial charge in [0.05, 0.1) is 18.6 Å². The minimum atomic E-state index is -0.147. The summed E-state index contributed by atoms with van der Waals surface area (Å²) in [6, 6.07) is 3.75. The van der Waals surface area contributed by atoms with Gasteiger partial charge in [-0.25, -0.2) is 15.2 Å². The van der Waals surface area contributed by atoms with E-state index in [-0.39, 0.29) is 18.4 Å². The number of carbonyl (C=O) groups is 1. The highest BCUT2D eigenvalue weighted by molar-refractivity contribution is 5.93. The average Bonchev–Trinajstić information content (AvgIpc) is 2.86. The van der Waals surface area contributed by atoms with Crippen molar-refractivity contribution >= 4 is 29.9 Å². The number of rotatable bonds is 2. The fourth-order valence-corrected chi connectivity index (χ4v) is 2.16. The molecular weight excluding hydrogens is 268 g/mol. The van der Waals surface area contributed by atoms with Crippen LogP contribution in [0.25, 0.3) is 0 Å². The second-order valence-corrected chi connectivity index (χ2v) is 4.30. The zero-order valence-corrected chi connectivity index (χ0v) is 11.2. The molecule has 1 aromatic heterocycles. The van der Waals surface area contributed by atoms with Crippen molar-refractivity contribution in [2.75, 3.05) is 42.6 Å². The van der Waals surface area contributed by atoms with Crippen LogP contribution in [0.15, 0.2) is 18.3 Å². The number of carbonyl (C=O) groups excluding carboxylic acids is 1. The number of pyridine rings is 1. The van der Waals surface area contributed by atoms with Crippen molar-refractivity contribution < 1.29 is 4.79 Å². The van der Waals surface area contributed by atoms with Gasteiger partial charge in [-0.1, -0.05) is 0 Å². The molecule has 0 saturated carbocycles. The molecule has 3 rings (SSSR count). The van der Waals surface area contributed by atoms with E-state index in [0.29, 0.717) is 6.67 Å². The van der Waals surface area contributed by atoms with Crippen LogP contribution in [-0.4, -0.2) is 43.9 Å². The molecule has 1 aromatic rings. The lowest BCUT2D eigenvalue weighted by molar-refractivity contribution is 0.250. The fraction of sp³-hybridized carbons (Fsp3) is 0.455. The summed E-state index contributed by atoms with van der Waals surface area (Å²) in [7, 11) is 0. The second kappa shape index (κ2) is 6.05. The molecule has 3 heterocycles. The van der Waals surface area contributed by atoms with E-state index in [1.54, 1.807) is 11.1 Å². The molecule has 2 aliphatic rings. The summed E-state index contributed by atoms with van der Waals surface area (Å²) in [6.45, 7) is 4.38. The second-order valence-electron chi connectivity index (χ2n) is 4.30. The molecule has 0 aromatic carbocycles. The predicted octanol–water partition coefficient (Wildman–Crippen LogP) is -0.0953. The summed E-state index contributed by atoms with van der Waals surface area (Å²) in [5, 5.41) is 3.31. The predicted molar refractivity (Wildman–Crippen MR) is 75.6 cm³/mol. The summed E-state index contributed by atoms with van der Waals surface area (Å²) in [5.74, 6) is 0.966. The van der Waals surface area contributed by atoms with Gasteiger partial charge >= 0.3 is 6.03 Å². The number of piperazine rings is 1. The van der Waals surface area contributed by atoms with Crippen molar-refractivity contribution in [1.82, 2.24) is 21.2 Å². The van der Waals surface area contributed by atoms with E-state index in [1.165, 1.54) is 0 Å². The third-order valence-corrected chi connectivity index (χ3v) is 3.16. The molecule has 2 aliphatic heterocycles. The van der Waals surface area contributed by atoms with Gasteiger partial charge in [-0.3, -0.25) is 10.3 Å². The zero-order valence-electron chi connectivity index (χ0n) is 10.4. The van der Waals surface area contributed by atoms with E-state index >= 15 is 0 Å². The highest BCUT2D eigenvalue weighted by Gasteiger charge is 2.21. The highest BCUT2D eigenvalue weighted by Crippen LogP contribution is 2.18. The van der Waals surface area contributed by atoms with Crippen molar-refractivity contribution in [2.45, 2.75) is 0 Å². The third-order valence-electron chi connectivity index (χ3n) is 3.16. The quantitative estimate of drug-likeness (QED) is 0.708. The normalized spacial score (nSPS) is 19.1. The monoisotopic (exact) mass is 284 g/mol. The van der Waals surface area contributed by atoms with Gasteiger partial charge < -0.3 is 10.2 Å². The summed E-state index contributed by atoms with van der Waals surface area (Å²) < 4.78 is 0. The van der Waals surface area contributed by atoms with Crippen LogP contribution in [0.3, 0.4) is 0 Å². The third kappa shape index (κ3) is 2.89. The number of aromatic nitrogens is 1. The van der Waals surface area contributed by atoms with Crippen molar-refractivity contribution in [3.05, 3.63) is 18.3 Å². The Kier molecular flexibility index (Phi) is 4.41. The van der Waals surface area contributed by atoms with Gasteiger partial charge in [0.15, 0.2) is 0 Å². The molecule has 2 fully saturated rings. The summed E-state index contributed by atoms with van der Waals surface area (Å²) in [5.41, 5.74) is 6.12. The molecule has 0 spiro atoms. The molecule has 0 radical (unpaired) electrons. The molecule has 19 heavy (non-hydrogen) atoms. The van der Waals surface area contributed by atoms with Crippen LogP contribution in [0, 0.1) is 0 Å². The first kappa shape index (κ1) is 13.9. The van der Waals surface area contributed by atoms with Crippen LogP contribution in [0.2, 0.25) is 0 Å². The van der Waals surface area contributed by atoms with Crippen LogP contribution in [0.1, 0.15) is 0 Å². The van der Waals surface area contributed by atoms with E-state index in [4.69, 9.17) is 0 Å². The Balaban J connectivity index is 0.00000133. The molecule has 2 amide bonds. The lowest BCUT2D eigenvalue weighted by atomic mass is 10.3. The molecule has 0 aliphatic carbocycles. The molecule has 3 N–H and O–H groups in total. The maximum atomic E-state index is 11.5. The fourth-order valence-electron chi connectivity index (χ4n) is 2.16. The maximum Gasteiger partial charge on any atom is 0.337 e. The largest absolute Gasteiger partial charge is 0.354 e. The highest BCUT2D eigenvalue weighted by atomic mass is 35.5. The van der Waals surface area contributed by atoms with Gasteiger partial charge in [-0.15, -0.1) is 12.4 Å². The number of anilines is 2. The number of halogens is 1. The smallest absolute Gasteiger partial charge is 0.337 e. The Morgan fingerprint density at radius 2 is 2.00 bits per heavy atom. The number of hydrogen-bond donors (Lipinski definition) is 3. The molecular formula is C11H17ClN6O. The first-order valence-electron chi connectivity index (χ1n) is 6.07. The Bertz CT molecular complexity index is 433. The Hall–Kier alpha value is -1.57. The molecule has 104 valence electrons. The molecule has 0 unspecified atom stereocenters. The minimum absolute atomic E-state index is 0. The summed E-state index contributed by atoms with van der Waals surface area (Å²) in [6.07, 6.45) is 1.74. The van der Waals surface area contributed by atoms with Crippen LogP contribution >= 0.6 is 12.4 Å². The molecule has 8 heteroatoms. The van der Waals surface area contributed by atoms with Crippen LogP contribution in [-0.2, 0) is 0 Å². The first-order chi connectivity index (χ1) is 8.84. The Morgan fingerprint density at radius 1 is 1.21 bits per heavy atom. The Morgan fingerprint density at radius 3 is 2.58 bits per heavy atom. The van der Waals surface area contributed by atoms with Crippen LogP contribution < -0.4 is 26.0 Å². The number of hydrogen-bond acceptors (Lipinski definition) is 5. The molecule has 0 bridgehead atoms. The van der Waals surface area contributed by atoms with Gasteiger partial charge in [0.2, 0.25) is 0 Å².